The maximum atomic E-state index is 12.5. The molecule has 0 spiro atoms. The van der Waals surface area contributed by atoms with Crippen LogP contribution in [0, 0.1) is 13.8 Å². The molecular formula is C20H26N2O6S. The van der Waals surface area contributed by atoms with Crippen LogP contribution < -0.4 is 14.8 Å². The van der Waals surface area contributed by atoms with E-state index in [0.717, 1.165) is 22.6 Å². The number of thioether (sulfide) groups is 1. The summed E-state index contributed by atoms with van der Waals surface area (Å²) >= 11 is 1.45. The first kappa shape index (κ1) is 22.6. The SMILES string of the molecule is COC(=O)CC(NC(=O)CSCc1c(C)noc1C)c1ccc(OC)c(OC)c1. The Kier molecular flexibility index (Phi) is 8.38. The highest BCUT2D eigenvalue weighted by atomic mass is 32.2. The quantitative estimate of drug-likeness (QED) is 0.584. The van der Waals surface area contributed by atoms with Crippen LogP contribution in [0.5, 0.6) is 11.5 Å². The summed E-state index contributed by atoms with van der Waals surface area (Å²) in [6.07, 6.45) is 0.00621. The fourth-order valence-electron chi connectivity index (χ4n) is 2.76. The van der Waals surface area contributed by atoms with E-state index in [4.69, 9.17) is 18.7 Å². The van der Waals surface area contributed by atoms with Gasteiger partial charge in [0.05, 0.1) is 45.2 Å². The third-order valence-electron chi connectivity index (χ3n) is 4.40. The maximum Gasteiger partial charge on any atom is 0.307 e. The van der Waals surface area contributed by atoms with Crippen molar-refractivity contribution >= 4 is 23.6 Å². The van der Waals surface area contributed by atoms with Crippen molar-refractivity contribution in [2.75, 3.05) is 27.1 Å². The molecule has 2 aromatic rings. The monoisotopic (exact) mass is 422 g/mol. The lowest BCUT2D eigenvalue weighted by atomic mass is 10.0. The summed E-state index contributed by atoms with van der Waals surface area (Å²) in [6.45, 7) is 3.72. The largest absolute Gasteiger partial charge is 0.493 e. The van der Waals surface area contributed by atoms with Crippen LogP contribution in [0.2, 0.25) is 0 Å². The number of aromatic nitrogens is 1. The normalized spacial score (nSPS) is 11.6. The summed E-state index contributed by atoms with van der Waals surface area (Å²) in [4.78, 5) is 24.3. The van der Waals surface area contributed by atoms with Crippen LogP contribution in [0.25, 0.3) is 0 Å². The first-order valence-electron chi connectivity index (χ1n) is 8.97. The minimum Gasteiger partial charge on any atom is -0.493 e. The lowest BCUT2D eigenvalue weighted by molar-refractivity contribution is -0.141. The van der Waals surface area contributed by atoms with Gasteiger partial charge in [0.1, 0.15) is 5.76 Å². The molecule has 2 rings (SSSR count). The van der Waals surface area contributed by atoms with E-state index in [9.17, 15) is 9.59 Å². The van der Waals surface area contributed by atoms with Gasteiger partial charge in [0.2, 0.25) is 5.91 Å². The van der Waals surface area contributed by atoms with Crippen LogP contribution in [0.15, 0.2) is 22.7 Å². The number of hydrogen-bond acceptors (Lipinski definition) is 8. The highest BCUT2D eigenvalue weighted by molar-refractivity contribution is 7.99. The molecule has 1 N–H and O–H groups in total. The van der Waals surface area contributed by atoms with Crippen LogP contribution in [-0.2, 0) is 20.1 Å². The molecule has 1 unspecified atom stereocenters. The van der Waals surface area contributed by atoms with Crippen LogP contribution in [0.1, 0.15) is 35.0 Å². The molecule has 8 nitrogen and oxygen atoms in total. The van der Waals surface area contributed by atoms with Crippen LogP contribution in [0.4, 0.5) is 0 Å². The number of ether oxygens (including phenoxy) is 3. The van der Waals surface area contributed by atoms with E-state index in [1.54, 1.807) is 25.3 Å². The Hall–Kier alpha value is -2.68. The fourth-order valence-corrected chi connectivity index (χ4v) is 3.75. The van der Waals surface area contributed by atoms with Gasteiger partial charge in [-0.2, -0.15) is 0 Å². The number of carbonyl (C=O) groups is 2. The van der Waals surface area contributed by atoms with Crippen molar-refractivity contribution in [3.05, 3.63) is 40.8 Å². The number of amides is 1. The van der Waals surface area contributed by atoms with Crippen molar-refractivity contribution in [3.8, 4) is 11.5 Å². The Bertz CT molecular complexity index is 832. The molecule has 0 aliphatic rings. The van der Waals surface area contributed by atoms with Gasteiger partial charge in [-0.25, -0.2) is 0 Å². The molecule has 1 atom stereocenters. The topological polar surface area (TPSA) is 99.9 Å². The van der Waals surface area contributed by atoms with Crippen molar-refractivity contribution in [1.82, 2.24) is 10.5 Å². The van der Waals surface area contributed by atoms with Gasteiger partial charge in [0.15, 0.2) is 11.5 Å². The fraction of sp³-hybridized carbons (Fsp3) is 0.450. The van der Waals surface area contributed by atoms with Crippen LogP contribution >= 0.6 is 11.8 Å². The summed E-state index contributed by atoms with van der Waals surface area (Å²) in [5, 5.41) is 6.81. The molecular weight excluding hydrogens is 396 g/mol. The number of rotatable bonds is 10. The number of methoxy groups -OCH3 is 3. The number of nitrogens with zero attached hydrogens (tertiary/aromatic N) is 1. The number of aryl methyl sites for hydroxylation is 2. The Morgan fingerprint density at radius 3 is 2.48 bits per heavy atom. The predicted molar refractivity (Wildman–Crippen MR) is 109 cm³/mol. The second-order valence-electron chi connectivity index (χ2n) is 6.31. The highest BCUT2D eigenvalue weighted by Gasteiger charge is 2.21. The second-order valence-corrected chi connectivity index (χ2v) is 7.30. The predicted octanol–water partition coefficient (Wildman–Crippen LogP) is 2.96. The van der Waals surface area contributed by atoms with E-state index in [2.05, 4.69) is 10.5 Å². The van der Waals surface area contributed by atoms with Crippen LogP contribution in [-0.4, -0.2) is 44.1 Å². The van der Waals surface area contributed by atoms with Crippen molar-refractivity contribution < 1.29 is 28.3 Å². The molecule has 9 heteroatoms. The van der Waals surface area contributed by atoms with E-state index >= 15 is 0 Å². The van der Waals surface area contributed by atoms with Crippen molar-refractivity contribution in [3.63, 3.8) is 0 Å². The molecule has 158 valence electrons. The van der Waals surface area contributed by atoms with Gasteiger partial charge in [-0.15, -0.1) is 11.8 Å². The number of carbonyl (C=O) groups excluding carboxylic acids is 2. The van der Waals surface area contributed by atoms with Gasteiger partial charge in [-0.1, -0.05) is 11.2 Å². The number of nitrogens with one attached hydrogen (secondary N) is 1. The lowest BCUT2D eigenvalue weighted by Crippen LogP contribution is -2.31. The van der Waals surface area contributed by atoms with Gasteiger partial charge in [-0.3, -0.25) is 9.59 Å². The summed E-state index contributed by atoms with van der Waals surface area (Å²) in [6, 6.07) is 4.71. The van der Waals surface area contributed by atoms with Crippen molar-refractivity contribution in [1.29, 1.82) is 0 Å². The second kappa shape index (κ2) is 10.8. The van der Waals surface area contributed by atoms with Crippen molar-refractivity contribution in [2.24, 2.45) is 0 Å². The average molecular weight is 423 g/mol. The summed E-state index contributed by atoms with van der Waals surface area (Å²) in [5.74, 6) is 2.07. The summed E-state index contributed by atoms with van der Waals surface area (Å²) < 4.78 is 20.5. The molecule has 1 aromatic heterocycles. The molecule has 1 amide bonds. The zero-order chi connectivity index (χ0) is 21.4. The Morgan fingerprint density at radius 2 is 1.90 bits per heavy atom. The summed E-state index contributed by atoms with van der Waals surface area (Å²) in [7, 11) is 4.39. The molecule has 1 aromatic carbocycles. The lowest BCUT2D eigenvalue weighted by Gasteiger charge is -2.19. The molecule has 0 fully saturated rings. The molecule has 0 aliphatic carbocycles. The first-order chi connectivity index (χ1) is 13.9. The Morgan fingerprint density at radius 1 is 1.17 bits per heavy atom. The molecule has 0 aliphatic heterocycles. The van der Waals surface area contributed by atoms with E-state index in [-0.39, 0.29) is 18.1 Å². The minimum absolute atomic E-state index is 0.00621. The highest BCUT2D eigenvalue weighted by Crippen LogP contribution is 2.31. The van der Waals surface area contributed by atoms with E-state index in [1.165, 1.54) is 26.0 Å². The Balaban J connectivity index is 2.06. The Labute approximate surface area is 174 Å². The zero-order valence-corrected chi connectivity index (χ0v) is 18.1. The van der Waals surface area contributed by atoms with Gasteiger partial charge < -0.3 is 24.1 Å². The molecule has 0 saturated carbocycles. The van der Waals surface area contributed by atoms with Gasteiger partial charge in [0, 0.05) is 11.3 Å². The number of benzene rings is 1. The van der Waals surface area contributed by atoms with Crippen LogP contribution in [0.3, 0.4) is 0 Å². The van der Waals surface area contributed by atoms with E-state index in [1.807, 2.05) is 13.8 Å². The summed E-state index contributed by atoms with van der Waals surface area (Å²) in [5.41, 5.74) is 2.54. The first-order valence-corrected chi connectivity index (χ1v) is 10.1. The molecule has 29 heavy (non-hydrogen) atoms. The van der Waals surface area contributed by atoms with Gasteiger partial charge >= 0.3 is 5.97 Å². The average Bonchev–Trinajstić information content (AvgIpc) is 3.04. The standard InChI is InChI=1S/C20H26N2O6S/c1-12-15(13(2)28-22-12)10-29-11-19(23)21-16(9-20(24)27-5)14-6-7-17(25-3)18(8-14)26-4/h6-8,16H,9-11H2,1-5H3,(H,21,23). The number of esters is 1. The molecule has 0 bridgehead atoms. The van der Waals surface area contributed by atoms with Gasteiger partial charge in [0.25, 0.3) is 0 Å². The van der Waals surface area contributed by atoms with E-state index in [0.29, 0.717) is 17.3 Å². The third-order valence-corrected chi connectivity index (χ3v) is 5.36. The molecule has 0 saturated heterocycles. The van der Waals surface area contributed by atoms with Gasteiger partial charge in [-0.05, 0) is 31.5 Å². The maximum absolute atomic E-state index is 12.5. The smallest absolute Gasteiger partial charge is 0.307 e. The van der Waals surface area contributed by atoms with E-state index < -0.39 is 12.0 Å². The van der Waals surface area contributed by atoms with Crippen molar-refractivity contribution in [2.45, 2.75) is 32.1 Å². The zero-order valence-electron chi connectivity index (χ0n) is 17.2. The minimum atomic E-state index is -0.547. The molecule has 0 radical (unpaired) electrons. The number of hydrogen-bond donors (Lipinski definition) is 1. The third kappa shape index (κ3) is 6.15. The molecule has 1 heterocycles.